The number of quaternary nitrogens is 1. The van der Waals surface area contributed by atoms with Gasteiger partial charge < -0.3 is 23.0 Å². The third-order valence-corrected chi connectivity index (χ3v) is 5.74. The van der Waals surface area contributed by atoms with Gasteiger partial charge in [0.05, 0.1) is 19.0 Å². The predicted octanol–water partition coefficient (Wildman–Crippen LogP) is 1.34. The standard InChI is InChI=1S/C24H36N2O2.ClH/c1-17(2)15-23(28)26-21-8-6-7-18(16-21)22(27)13-14-25-20-11-9-19(10-12-20)24(3,4)5;/h6-8,15-16,19-20,25H,9-14H2,1-5H3,(H,26,28);1H. The zero-order valence-corrected chi connectivity index (χ0v) is 19.3. The van der Waals surface area contributed by atoms with E-state index in [0.717, 1.165) is 18.0 Å². The molecule has 0 heterocycles. The van der Waals surface area contributed by atoms with Crippen LogP contribution in [0.15, 0.2) is 35.9 Å². The van der Waals surface area contributed by atoms with Crippen LogP contribution >= 0.6 is 0 Å². The van der Waals surface area contributed by atoms with Crippen LogP contribution in [0.1, 0.15) is 77.1 Å². The van der Waals surface area contributed by atoms with E-state index in [1.807, 2.05) is 32.0 Å². The van der Waals surface area contributed by atoms with Crippen molar-refractivity contribution in [1.29, 1.82) is 0 Å². The SMILES string of the molecule is CC(C)=CC(=O)Nc1cccc(C(=O)CC[NH2+]C2CCC(C(C)(C)C)CC2)c1.[Cl-]. The minimum absolute atomic E-state index is 0. The van der Waals surface area contributed by atoms with Crippen molar-refractivity contribution in [1.82, 2.24) is 0 Å². The molecule has 0 unspecified atom stereocenters. The van der Waals surface area contributed by atoms with Crippen LogP contribution in [0.4, 0.5) is 5.69 Å². The molecule has 1 aliphatic rings. The lowest BCUT2D eigenvalue weighted by atomic mass is 9.71. The molecular weight excluding hydrogens is 384 g/mol. The van der Waals surface area contributed by atoms with Crippen LogP contribution < -0.4 is 23.0 Å². The second kappa shape index (κ2) is 11.5. The van der Waals surface area contributed by atoms with E-state index in [1.54, 1.807) is 12.1 Å². The number of Topliss-reactive ketones (excluding diaryl/α,β-unsaturated/α-hetero) is 1. The lowest BCUT2D eigenvalue weighted by molar-refractivity contribution is -0.691. The lowest BCUT2D eigenvalue weighted by Crippen LogP contribution is -3.00. The summed E-state index contributed by atoms with van der Waals surface area (Å²) in [6, 6.07) is 7.89. The first-order valence-corrected chi connectivity index (χ1v) is 10.6. The van der Waals surface area contributed by atoms with Gasteiger partial charge in [0.25, 0.3) is 0 Å². The minimum Gasteiger partial charge on any atom is -1.00 e. The largest absolute Gasteiger partial charge is 1.00 e. The molecule has 29 heavy (non-hydrogen) atoms. The average molecular weight is 421 g/mol. The van der Waals surface area contributed by atoms with Crippen molar-refractivity contribution in [2.45, 2.75) is 72.8 Å². The fourth-order valence-electron chi connectivity index (χ4n) is 4.03. The molecule has 0 aliphatic heterocycles. The number of nitrogens with two attached hydrogens (primary N) is 1. The molecule has 1 aromatic rings. The number of halogens is 1. The smallest absolute Gasteiger partial charge is 0.248 e. The van der Waals surface area contributed by atoms with E-state index >= 15 is 0 Å². The van der Waals surface area contributed by atoms with Crippen molar-refractivity contribution in [3.8, 4) is 0 Å². The summed E-state index contributed by atoms with van der Waals surface area (Å²) >= 11 is 0. The molecule has 5 heteroatoms. The van der Waals surface area contributed by atoms with Crippen LogP contribution in [0, 0.1) is 11.3 Å². The fourth-order valence-corrected chi connectivity index (χ4v) is 4.03. The van der Waals surface area contributed by atoms with E-state index in [9.17, 15) is 9.59 Å². The van der Waals surface area contributed by atoms with Crippen LogP contribution in [0.5, 0.6) is 0 Å². The Bertz CT molecular complexity index is 710. The third kappa shape index (κ3) is 8.71. The summed E-state index contributed by atoms with van der Waals surface area (Å²) in [5, 5.41) is 5.18. The van der Waals surface area contributed by atoms with Gasteiger partial charge in [-0.1, -0.05) is 38.5 Å². The second-order valence-corrected chi connectivity index (χ2v) is 9.47. The molecule has 1 aliphatic carbocycles. The number of anilines is 1. The van der Waals surface area contributed by atoms with Gasteiger partial charge in [-0.05, 0) is 63.0 Å². The van der Waals surface area contributed by atoms with Crippen molar-refractivity contribution in [3.05, 3.63) is 41.5 Å². The maximum Gasteiger partial charge on any atom is 0.248 e. The Kier molecular flexibility index (Phi) is 10.1. The van der Waals surface area contributed by atoms with Crippen LogP contribution in [-0.4, -0.2) is 24.3 Å². The fraction of sp³-hybridized carbons (Fsp3) is 0.583. The number of amides is 1. The molecule has 0 spiro atoms. The first-order valence-electron chi connectivity index (χ1n) is 10.6. The normalized spacial score (nSPS) is 19.1. The zero-order chi connectivity index (χ0) is 20.7. The van der Waals surface area contributed by atoms with Gasteiger partial charge in [-0.2, -0.15) is 0 Å². The number of nitrogens with one attached hydrogen (secondary N) is 1. The van der Waals surface area contributed by atoms with Gasteiger partial charge in [0.2, 0.25) is 5.91 Å². The number of carbonyl (C=O) groups is 2. The number of rotatable bonds is 7. The molecule has 0 atom stereocenters. The quantitative estimate of drug-likeness (QED) is 0.516. The Balaban J connectivity index is 0.00000420. The first-order chi connectivity index (χ1) is 13.1. The van der Waals surface area contributed by atoms with Gasteiger partial charge in [0.1, 0.15) is 0 Å². The summed E-state index contributed by atoms with van der Waals surface area (Å²) in [4.78, 5) is 24.4. The lowest BCUT2D eigenvalue weighted by Gasteiger charge is -2.36. The second-order valence-electron chi connectivity index (χ2n) is 9.47. The molecule has 1 saturated carbocycles. The van der Waals surface area contributed by atoms with Gasteiger partial charge in [-0.25, -0.2) is 0 Å². The average Bonchev–Trinajstić information content (AvgIpc) is 2.60. The highest BCUT2D eigenvalue weighted by molar-refractivity contribution is 6.01. The molecule has 0 saturated heterocycles. The van der Waals surface area contributed by atoms with E-state index < -0.39 is 0 Å². The van der Waals surface area contributed by atoms with Crippen LogP contribution in [0.3, 0.4) is 0 Å². The van der Waals surface area contributed by atoms with Gasteiger partial charge in [0, 0.05) is 17.3 Å². The molecule has 0 radical (unpaired) electrons. The number of hydrogen-bond donors (Lipinski definition) is 2. The van der Waals surface area contributed by atoms with Gasteiger partial charge in [-0.3, -0.25) is 9.59 Å². The molecule has 2 rings (SSSR count). The third-order valence-electron chi connectivity index (χ3n) is 5.74. The number of ketones is 1. The van der Waals surface area contributed by atoms with Gasteiger partial charge in [0.15, 0.2) is 5.78 Å². The Labute approximate surface area is 182 Å². The number of carbonyl (C=O) groups excluding carboxylic acids is 2. The summed E-state index contributed by atoms with van der Waals surface area (Å²) in [5.74, 6) is 0.796. The van der Waals surface area contributed by atoms with E-state index in [4.69, 9.17) is 0 Å². The van der Waals surface area contributed by atoms with E-state index in [-0.39, 0.29) is 24.1 Å². The summed E-state index contributed by atoms with van der Waals surface area (Å²) in [5.41, 5.74) is 2.68. The molecule has 0 bridgehead atoms. The molecule has 162 valence electrons. The highest BCUT2D eigenvalue weighted by atomic mass is 35.5. The number of hydrogen-bond acceptors (Lipinski definition) is 2. The van der Waals surface area contributed by atoms with Crippen LogP contribution in [0.25, 0.3) is 0 Å². The van der Waals surface area contributed by atoms with E-state index in [2.05, 4.69) is 31.4 Å². The molecule has 1 amide bonds. The summed E-state index contributed by atoms with van der Waals surface area (Å²) in [6.07, 6.45) is 7.19. The molecule has 3 N–H and O–H groups in total. The topological polar surface area (TPSA) is 62.8 Å². The molecular formula is C24H37ClN2O2. The Morgan fingerprint density at radius 1 is 1.14 bits per heavy atom. The highest BCUT2D eigenvalue weighted by Gasteiger charge is 2.30. The monoisotopic (exact) mass is 420 g/mol. The Hall–Kier alpha value is -1.65. The maximum absolute atomic E-state index is 12.5. The maximum atomic E-state index is 12.5. The summed E-state index contributed by atoms with van der Waals surface area (Å²) in [6.45, 7) is 11.6. The molecule has 1 aromatic carbocycles. The summed E-state index contributed by atoms with van der Waals surface area (Å²) < 4.78 is 0. The first kappa shape index (κ1) is 25.4. The minimum atomic E-state index is -0.163. The van der Waals surface area contributed by atoms with Gasteiger partial charge >= 0.3 is 0 Å². The molecule has 0 aromatic heterocycles. The van der Waals surface area contributed by atoms with Gasteiger partial charge in [-0.15, -0.1) is 0 Å². The number of allylic oxidation sites excluding steroid dienone is 1. The van der Waals surface area contributed by atoms with Crippen LogP contribution in [-0.2, 0) is 4.79 Å². The predicted molar refractivity (Wildman–Crippen MR) is 115 cm³/mol. The molecule has 1 fully saturated rings. The van der Waals surface area contributed by atoms with Crippen molar-refractivity contribution in [2.24, 2.45) is 11.3 Å². The van der Waals surface area contributed by atoms with Crippen molar-refractivity contribution in [3.63, 3.8) is 0 Å². The van der Waals surface area contributed by atoms with Crippen LogP contribution in [0.2, 0.25) is 0 Å². The zero-order valence-electron chi connectivity index (χ0n) is 18.6. The van der Waals surface area contributed by atoms with E-state index in [0.29, 0.717) is 29.1 Å². The highest BCUT2D eigenvalue weighted by Crippen LogP contribution is 2.36. The molecule has 4 nitrogen and oxygen atoms in total. The van der Waals surface area contributed by atoms with Crippen molar-refractivity contribution >= 4 is 17.4 Å². The van der Waals surface area contributed by atoms with Crippen molar-refractivity contribution in [2.75, 3.05) is 11.9 Å². The Morgan fingerprint density at radius 3 is 2.38 bits per heavy atom. The van der Waals surface area contributed by atoms with Crippen molar-refractivity contribution < 1.29 is 27.3 Å². The van der Waals surface area contributed by atoms with E-state index in [1.165, 1.54) is 25.7 Å². The summed E-state index contributed by atoms with van der Waals surface area (Å²) in [7, 11) is 0. The number of benzene rings is 1. The Morgan fingerprint density at radius 2 is 1.79 bits per heavy atom.